The molecule has 0 N–H and O–H groups in total. The average molecular weight is 792 g/mol. The van der Waals surface area contributed by atoms with Crippen molar-refractivity contribution in [3.63, 3.8) is 0 Å². The predicted molar refractivity (Wildman–Crippen MR) is 256 cm³/mol. The second-order valence-corrected chi connectivity index (χ2v) is 15.7. The summed E-state index contributed by atoms with van der Waals surface area (Å²) in [6.45, 7) is 0. The molecule has 0 aliphatic rings. The highest BCUT2D eigenvalue weighted by Crippen LogP contribution is 2.39. The third-order valence-corrected chi connectivity index (χ3v) is 11.9. The summed E-state index contributed by atoms with van der Waals surface area (Å²) >= 11 is 0. The van der Waals surface area contributed by atoms with Crippen molar-refractivity contribution in [3.8, 4) is 67.8 Å². The highest BCUT2D eigenvalue weighted by Gasteiger charge is 2.20. The SMILES string of the molecule is c1ccc(-c2cc(-n3c4ccccc4c4cc(-c5ccc6c(c5)c5ccccc5n6-c5nc(-c6ccccc6)cc(-c6ccccc6)n5)ccc43)cc(-c3ccccc3)n2)cc1. The van der Waals surface area contributed by atoms with Crippen LogP contribution in [0.15, 0.2) is 224 Å². The van der Waals surface area contributed by atoms with Gasteiger partial charge in [0.15, 0.2) is 0 Å². The summed E-state index contributed by atoms with van der Waals surface area (Å²) in [5.74, 6) is 0.639. The van der Waals surface area contributed by atoms with E-state index in [1.165, 1.54) is 10.8 Å². The Balaban J connectivity index is 1.02. The normalized spacial score (nSPS) is 11.5. The fourth-order valence-electron chi connectivity index (χ4n) is 9.01. The van der Waals surface area contributed by atoms with Crippen LogP contribution in [0.1, 0.15) is 0 Å². The second kappa shape index (κ2) is 14.7. The fraction of sp³-hybridized carbons (Fsp3) is 0. The average Bonchev–Trinajstić information content (AvgIpc) is 3.87. The molecule has 0 amide bonds. The van der Waals surface area contributed by atoms with Gasteiger partial charge >= 0.3 is 0 Å². The Hall–Kier alpha value is -8.41. The summed E-state index contributed by atoms with van der Waals surface area (Å²) in [5, 5.41) is 4.69. The number of hydrogen-bond donors (Lipinski definition) is 0. The van der Waals surface area contributed by atoms with Crippen molar-refractivity contribution in [1.82, 2.24) is 24.1 Å². The van der Waals surface area contributed by atoms with Gasteiger partial charge in [-0.2, -0.15) is 0 Å². The van der Waals surface area contributed by atoms with E-state index in [0.717, 1.165) is 94.7 Å². The number of fused-ring (bicyclic) bond motifs is 6. The van der Waals surface area contributed by atoms with Crippen LogP contribution in [0.4, 0.5) is 0 Å². The standard InChI is InChI=1S/C57H37N5/c1-5-17-38(18-6-1)49-35-44(36-50(58-49)39-19-7-2-8-20-39)61-53-27-15-13-25-45(53)47-33-42(29-31-55(47)61)43-30-32-56-48(34-43)46-26-14-16-28-54(46)62(56)57-59-51(40-21-9-3-10-22-40)37-52(60-57)41-23-11-4-12-24-41/h1-37H. The number of aromatic nitrogens is 5. The van der Waals surface area contributed by atoms with Crippen LogP contribution in [0.3, 0.4) is 0 Å². The van der Waals surface area contributed by atoms with E-state index in [1.54, 1.807) is 0 Å². The molecule has 0 unspecified atom stereocenters. The maximum atomic E-state index is 5.23. The molecule has 0 bridgehead atoms. The zero-order chi connectivity index (χ0) is 41.0. The Morgan fingerprint density at radius 1 is 0.242 bits per heavy atom. The summed E-state index contributed by atoms with van der Waals surface area (Å²) < 4.78 is 4.60. The van der Waals surface area contributed by atoms with Gasteiger partial charge in [-0.3, -0.25) is 4.57 Å². The number of rotatable bonds is 7. The van der Waals surface area contributed by atoms with Gasteiger partial charge in [0.25, 0.3) is 0 Å². The molecular formula is C57H37N5. The van der Waals surface area contributed by atoms with Crippen molar-refractivity contribution in [3.05, 3.63) is 224 Å². The van der Waals surface area contributed by atoms with Gasteiger partial charge in [-0.25, -0.2) is 15.0 Å². The van der Waals surface area contributed by atoms with Gasteiger partial charge in [0, 0.05) is 43.8 Å². The van der Waals surface area contributed by atoms with Crippen molar-refractivity contribution in [2.24, 2.45) is 0 Å². The molecule has 290 valence electrons. The molecule has 0 saturated heterocycles. The lowest BCUT2D eigenvalue weighted by atomic mass is 10.0. The van der Waals surface area contributed by atoms with Crippen LogP contribution >= 0.6 is 0 Å². The molecule has 8 aromatic carbocycles. The highest BCUT2D eigenvalue weighted by molar-refractivity contribution is 6.12. The molecule has 62 heavy (non-hydrogen) atoms. The largest absolute Gasteiger partial charge is 0.309 e. The molecular weight excluding hydrogens is 755 g/mol. The van der Waals surface area contributed by atoms with Crippen LogP contribution in [0.2, 0.25) is 0 Å². The number of nitrogens with zero attached hydrogens (tertiary/aromatic N) is 5. The third kappa shape index (κ3) is 6.06. The zero-order valence-corrected chi connectivity index (χ0v) is 33.6. The summed E-state index contributed by atoms with van der Waals surface area (Å²) in [6, 6.07) is 79.1. The van der Waals surface area contributed by atoms with Crippen molar-refractivity contribution in [1.29, 1.82) is 0 Å². The smallest absolute Gasteiger partial charge is 0.235 e. The molecule has 12 aromatic rings. The van der Waals surface area contributed by atoms with E-state index in [9.17, 15) is 0 Å². The van der Waals surface area contributed by atoms with Crippen molar-refractivity contribution < 1.29 is 0 Å². The molecule has 0 aliphatic carbocycles. The first-order chi connectivity index (χ1) is 30.7. The molecule has 5 nitrogen and oxygen atoms in total. The Bertz CT molecular complexity index is 3250. The van der Waals surface area contributed by atoms with E-state index in [2.05, 4.69) is 209 Å². The minimum atomic E-state index is 0.639. The first-order valence-corrected chi connectivity index (χ1v) is 20.9. The zero-order valence-electron chi connectivity index (χ0n) is 33.6. The molecule has 4 aromatic heterocycles. The monoisotopic (exact) mass is 791 g/mol. The van der Waals surface area contributed by atoms with E-state index in [4.69, 9.17) is 15.0 Å². The predicted octanol–water partition coefficient (Wildman–Crippen LogP) is 14.4. The van der Waals surface area contributed by atoms with Crippen LogP contribution in [0.25, 0.3) is 111 Å². The molecule has 4 heterocycles. The lowest BCUT2D eigenvalue weighted by Gasteiger charge is -2.13. The first kappa shape index (κ1) is 35.5. The topological polar surface area (TPSA) is 48.5 Å². The van der Waals surface area contributed by atoms with Crippen LogP contribution in [-0.4, -0.2) is 24.1 Å². The Labute approximate surface area is 358 Å². The molecule has 0 saturated carbocycles. The van der Waals surface area contributed by atoms with Gasteiger partial charge in [0.05, 0.1) is 50.5 Å². The van der Waals surface area contributed by atoms with Crippen molar-refractivity contribution in [2.75, 3.05) is 0 Å². The molecule has 0 atom stereocenters. The molecule has 0 fully saturated rings. The summed E-state index contributed by atoms with van der Waals surface area (Å²) in [7, 11) is 0. The van der Waals surface area contributed by atoms with E-state index < -0.39 is 0 Å². The number of pyridine rings is 1. The van der Waals surface area contributed by atoms with Crippen LogP contribution in [-0.2, 0) is 0 Å². The first-order valence-electron chi connectivity index (χ1n) is 20.9. The van der Waals surface area contributed by atoms with E-state index >= 15 is 0 Å². The molecule has 0 aliphatic heterocycles. The quantitative estimate of drug-likeness (QED) is 0.162. The van der Waals surface area contributed by atoms with E-state index in [-0.39, 0.29) is 0 Å². The van der Waals surface area contributed by atoms with Crippen LogP contribution in [0, 0.1) is 0 Å². The second-order valence-electron chi connectivity index (χ2n) is 15.7. The fourth-order valence-corrected chi connectivity index (χ4v) is 9.01. The Morgan fingerprint density at radius 2 is 0.597 bits per heavy atom. The van der Waals surface area contributed by atoms with Crippen LogP contribution in [0.5, 0.6) is 0 Å². The summed E-state index contributed by atoms with van der Waals surface area (Å²) in [4.78, 5) is 15.6. The van der Waals surface area contributed by atoms with Gasteiger partial charge in [-0.05, 0) is 65.7 Å². The van der Waals surface area contributed by atoms with E-state index in [1.807, 2.05) is 24.3 Å². The lowest BCUT2D eigenvalue weighted by molar-refractivity contribution is 0.995. The number of para-hydroxylation sites is 2. The molecule has 0 spiro atoms. The summed E-state index contributed by atoms with van der Waals surface area (Å²) in [5.41, 5.74) is 15.7. The van der Waals surface area contributed by atoms with Crippen LogP contribution < -0.4 is 0 Å². The number of hydrogen-bond acceptors (Lipinski definition) is 3. The molecule has 5 heteroatoms. The molecule has 12 rings (SSSR count). The minimum Gasteiger partial charge on any atom is -0.309 e. The maximum Gasteiger partial charge on any atom is 0.235 e. The van der Waals surface area contributed by atoms with Crippen molar-refractivity contribution in [2.45, 2.75) is 0 Å². The maximum absolute atomic E-state index is 5.23. The lowest BCUT2D eigenvalue weighted by Crippen LogP contribution is -2.03. The Morgan fingerprint density at radius 3 is 1.05 bits per heavy atom. The van der Waals surface area contributed by atoms with E-state index in [0.29, 0.717) is 5.95 Å². The summed E-state index contributed by atoms with van der Waals surface area (Å²) in [6.07, 6.45) is 0. The molecule has 0 radical (unpaired) electrons. The van der Waals surface area contributed by atoms with Gasteiger partial charge in [0.2, 0.25) is 5.95 Å². The van der Waals surface area contributed by atoms with Gasteiger partial charge < -0.3 is 4.57 Å². The minimum absolute atomic E-state index is 0.639. The number of benzene rings is 8. The Kier molecular flexibility index (Phi) is 8.42. The van der Waals surface area contributed by atoms with Gasteiger partial charge in [-0.15, -0.1) is 0 Å². The highest BCUT2D eigenvalue weighted by atomic mass is 15.2. The third-order valence-electron chi connectivity index (χ3n) is 11.9. The van der Waals surface area contributed by atoms with Gasteiger partial charge in [0.1, 0.15) is 0 Å². The van der Waals surface area contributed by atoms with Gasteiger partial charge in [-0.1, -0.05) is 170 Å². The van der Waals surface area contributed by atoms with Crippen molar-refractivity contribution >= 4 is 43.6 Å².